The predicted molar refractivity (Wildman–Crippen MR) is 66.8 cm³/mol. The highest BCUT2D eigenvalue weighted by atomic mass is 16.5. The van der Waals surface area contributed by atoms with Gasteiger partial charge in [0.15, 0.2) is 0 Å². The quantitative estimate of drug-likeness (QED) is 0.861. The molecule has 0 amide bonds. The highest BCUT2D eigenvalue weighted by molar-refractivity contribution is 5.15. The van der Waals surface area contributed by atoms with Crippen LogP contribution in [0.25, 0.3) is 0 Å². The molecule has 0 saturated carbocycles. The lowest BCUT2D eigenvalue weighted by atomic mass is 10.1. The smallest absolute Gasteiger partial charge is 0.131 e. The Kier molecular flexibility index (Phi) is 4.45. The minimum atomic E-state index is 0.314. The lowest BCUT2D eigenvalue weighted by molar-refractivity contribution is 0.0156. The van der Waals surface area contributed by atoms with Crippen LogP contribution in [0.1, 0.15) is 36.3 Å². The van der Waals surface area contributed by atoms with Crippen molar-refractivity contribution in [3.05, 3.63) is 23.3 Å². The second kappa shape index (κ2) is 6.07. The number of hydrogen-bond acceptors (Lipinski definition) is 4. The van der Waals surface area contributed by atoms with Crippen LogP contribution in [0.2, 0.25) is 0 Å². The fourth-order valence-corrected chi connectivity index (χ4v) is 2.14. The van der Waals surface area contributed by atoms with Crippen molar-refractivity contribution in [1.29, 1.82) is 0 Å². The third-order valence-electron chi connectivity index (χ3n) is 3.15. The maximum atomic E-state index is 5.72. The van der Waals surface area contributed by atoms with Gasteiger partial charge in [-0.3, -0.25) is 0 Å². The Morgan fingerprint density at radius 1 is 1.47 bits per heavy atom. The number of ether oxygens (including phenoxy) is 1. The van der Waals surface area contributed by atoms with E-state index >= 15 is 0 Å². The van der Waals surface area contributed by atoms with Gasteiger partial charge in [-0.05, 0) is 38.8 Å². The molecule has 1 unspecified atom stereocenters. The second-order valence-corrected chi connectivity index (χ2v) is 4.64. The maximum Gasteiger partial charge on any atom is 0.131 e. The molecule has 0 aliphatic carbocycles. The van der Waals surface area contributed by atoms with Crippen LogP contribution in [0, 0.1) is 6.92 Å². The van der Waals surface area contributed by atoms with Crippen molar-refractivity contribution < 1.29 is 4.74 Å². The Balaban J connectivity index is 2.02. The summed E-state index contributed by atoms with van der Waals surface area (Å²) in [4.78, 5) is 9.00. The third-order valence-corrected chi connectivity index (χ3v) is 3.15. The van der Waals surface area contributed by atoms with E-state index < -0.39 is 0 Å². The molecule has 4 nitrogen and oxygen atoms in total. The second-order valence-electron chi connectivity index (χ2n) is 4.64. The Morgan fingerprint density at radius 2 is 2.35 bits per heavy atom. The molecule has 0 spiro atoms. The van der Waals surface area contributed by atoms with Gasteiger partial charge in [-0.15, -0.1) is 0 Å². The molecule has 1 aliphatic heterocycles. The van der Waals surface area contributed by atoms with Gasteiger partial charge < -0.3 is 10.1 Å². The van der Waals surface area contributed by atoms with Crippen molar-refractivity contribution in [3.8, 4) is 0 Å². The molecule has 1 fully saturated rings. The molecule has 1 aliphatic rings. The summed E-state index contributed by atoms with van der Waals surface area (Å²) in [6.07, 6.45) is 6.66. The minimum Gasteiger partial charge on any atom is -0.378 e. The first-order chi connectivity index (χ1) is 8.29. The van der Waals surface area contributed by atoms with Crippen molar-refractivity contribution in [1.82, 2.24) is 15.3 Å². The number of aromatic nitrogens is 2. The first-order valence-electron chi connectivity index (χ1n) is 6.37. The molecule has 0 radical (unpaired) electrons. The molecule has 2 heterocycles. The van der Waals surface area contributed by atoms with Crippen LogP contribution in [-0.4, -0.2) is 29.7 Å². The number of rotatable bonds is 4. The van der Waals surface area contributed by atoms with Crippen LogP contribution >= 0.6 is 0 Å². The fourth-order valence-electron chi connectivity index (χ4n) is 2.14. The van der Waals surface area contributed by atoms with Crippen LogP contribution < -0.4 is 5.32 Å². The average Bonchev–Trinajstić information content (AvgIpc) is 2.35. The summed E-state index contributed by atoms with van der Waals surface area (Å²) in [5.74, 6) is 0.910. The SMILES string of the molecule is CNCc1nc(CC2CCCCO2)ncc1C. The summed E-state index contributed by atoms with van der Waals surface area (Å²) in [6, 6.07) is 0. The molecular weight excluding hydrogens is 214 g/mol. The number of aryl methyl sites for hydroxylation is 1. The van der Waals surface area contributed by atoms with E-state index in [-0.39, 0.29) is 0 Å². The van der Waals surface area contributed by atoms with Crippen LogP contribution in [0.3, 0.4) is 0 Å². The Morgan fingerprint density at radius 3 is 3.06 bits per heavy atom. The lowest BCUT2D eigenvalue weighted by Crippen LogP contribution is -2.23. The molecule has 2 rings (SSSR count). The van der Waals surface area contributed by atoms with E-state index in [4.69, 9.17) is 4.74 Å². The monoisotopic (exact) mass is 235 g/mol. The highest BCUT2D eigenvalue weighted by Gasteiger charge is 2.16. The predicted octanol–water partition coefficient (Wildman–Crippen LogP) is 1.62. The normalized spacial score (nSPS) is 20.5. The average molecular weight is 235 g/mol. The van der Waals surface area contributed by atoms with E-state index in [0.717, 1.165) is 43.1 Å². The van der Waals surface area contributed by atoms with E-state index in [2.05, 4.69) is 15.3 Å². The van der Waals surface area contributed by atoms with Crippen LogP contribution in [0.5, 0.6) is 0 Å². The van der Waals surface area contributed by atoms with Gasteiger partial charge >= 0.3 is 0 Å². The van der Waals surface area contributed by atoms with E-state index in [1.165, 1.54) is 12.8 Å². The zero-order valence-corrected chi connectivity index (χ0v) is 10.7. The number of nitrogens with one attached hydrogen (secondary N) is 1. The van der Waals surface area contributed by atoms with Crippen molar-refractivity contribution in [2.75, 3.05) is 13.7 Å². The molecular formula is C13H21N3O. The van der Waals surface area contributed by atoms with Crippen molar-refractivity contribution >= 4 is 0 Å². The van der Waals surface area contributed by atoms with Gasteiger partial charge in [-0.2, -0.15) is 0 Å². The van der Waals surface area contributed by atoms with Gasteiger partial charge in [0.2, 0.25) is 0 Å². The molecule has 94 valence electrons. The first-order valence-corrected chi connectivity index (χ1v) is 6.37. The summed E-state index contributed by atoms with van der Waals surface area (Å²) in [6.45, 7) is 3.74. The summed E-state index contributed by atoms with van der Waals surface area (Å²) in [5.41, 5.74) is 2.24. The zero-order valence-electron chi connectivity index (χ0n) is 10.7. The van der Waals surface area contributed by atoms with Crippen molar-refractivity contribution in [2.24, 2.45) is 0 Å². The van der Waals surface area contributed by atoms with Crippen molar-refractivity contribution in [2.45, 2.75) is 45.3 Å². The molecule has 17 heavy (non-hydrogen) atoms. The molecule has 1 N–H and O–H groups in total. The molecule has 1 saturated heterocycles. The van der Waals surface area contributed by atoms with E-state index in [0.29, 0.717) is 6.10 Å². The number of hydrogen-bond donors (Lipinski definition) is 1. The minimum absolute atomic E-state index is 0.314. The van der Waals surface area contributed by atoms with E-state index in [1.54, 1.807) is 0 Å². The summed E-state index contributed by atoms with van der Waals surface area (Å²) in [5, 5.41) is 3.13. The summed E-state index contributed by atoms with van der Waals surface area (Å²) in [7, 11) is 1.94. The molecule has 1 atom stereocenters. The Labute approximate surface area is 103 Å². The van der Waals surface area contributed by atoms with Crippen LogP contribution in [0.4, 0.5) is 0 Å². The Hall–Kier alpha value is -1.00. The molecule has 4 heteroatoms. The standard InChI is InChI=1S/C13H21N3O/c1-10-8-15-13(16-12(10)9-14-2)7-11-5-3-4-6-17-11/h8,11,14H,3-7,9H2,1-2H3. The maximum absolute atomic E-state index is 5.72. The zero-order chi connectivity index (χ0) is 12.1. The molecule has 1 aromatic heterocycles. The summed E-state index contributed by atoms with van der Waals surface area (Å²) >= 11 is 0. The molecule has 0 bridgehead atoms. The van der Waals surface area contributed by atoms with Crippen LogP contribution in [0.15, 0.2) is 6.20 Å². The van der Waals surface area contributed by atoms with Gasteiger partial charge in [-0.1, -0.05) is 0 Å². The fraction of sp³-hybridized carbons (Fsp3) is 0.692. The van der Waals surface area contributed by atoms with Crippen molar-refractivity contribution in [3.63, 3.8) is 0 Å². The van der Waals surface area contributed by atoms with Crippen LogP contribution in [-0.2, 0) is 17.7 Å². The first kappa shape index (κ1) is 12.5. The van der Waals surface area contributed by atoms with E-state index in [1.807, 2.05) is 20.2 Å². The van der Waals surface area contributed by atoms with Gasteiger partial charge in [-0.25, -0.2) is 9.97 Å². The number of nitrogens with zero attached hydrogens (tertiary/aromatic N) is 2. The van der Waals surface area contributed by atoms with Gasteiger partial charge in [0.05, 0.1) is 11.8 Å². The largest absolute Gasteiger partial charge is 0.378 e. The molecule has 1 aromatic rings. The molecule has 0 aromatic carbocycles. The van der Waals surface area contributed by atoms with E-state index in [9.17, 15) is 0 Å². The van der Waals surface area contributed by atoms with Gasteiger partial charge in [0, 0.05) is 25.8 Å². The highest BCUT2D eigenvalue weighted by Crippen LogP contribution is 2.16. The van der Waals surface area contributed by atoms with Gasteiger partial charge in [0.25, 0.3) is 0 Å². The topological polar surface area (TPSA) is 47.0 Å². The third kappa shape index (κ3) is 3.48. The Bertz CT molecular complexity index is 362. The summed E-state index contributed by atoms with van der Waals surface area (Å²) < 4.78 is 5.72. The van der Waals surface area contributed by atoms with Gasteiger partial charge in [0.1, 0.15) is 5.82 Å². The lowest BCUT2D eigenvalue weighted by Gasteiger charge is -2.22.